The molecule has 0 bridgehead atoms. The lowest BCUT2D eigenvalue weighted by Gasteiger charge is -2.36. The van der Waals surface area contributed by atoms with Crippen LogP contribution in [0.5, 0.6) is 0 Å². The lowest BCUT2D eigenvalue weighted by atomic mass is 9.87. The highest BCUT2D eigenvalue weighted by atomic mass is 28.3. The maximum atomic E-state index is 10.9. The van der Waals surface area contributed by atoms with E-state index in [1.165, 1.54) is 10.4 Å². The van der Waals surface area contributed by atoms with Gasteiger partial charge in [-0.2, -0.15) is 0 Å². The molecule has 0 aliphatic heterocycles. The van der Waals surface area contributed by atoms with Crippen molar-refractivity contribution < 1.29 is 5.11 Å². The third-order valence-corrected chi connectivity index (χ3v) is 8.55. The molecule has 1 N–H and O–H groups in total. The number of rotatable bonds is 6. The summed E-state index contributed by atoms with van der Waals surface area (Å²) in [5.74, 6) is 0.176. The Morgan fingerprint density at radius 1 is 0.913 bits per heavy atom. The molecule has 0 aliphatic rings. The van der Waals surface area contributed by atoms with Crippen LogP contribution in [0.25, 0.3) is 0 Å². The Morgan fingerprint density at radius 3 is 1.87 bits per heavy atom. The zero-order chi connectivity index (χ0) is 17.0. The van der Waals surface area contributed by atoms with E-state index in [2.05, 4.69) is 69.9 Å². The Bertz CT molecular complexity index is 631. The lowest BCUT2D eigenvalue weighted by Crippen LogP contribution is -2.47. The van der Waals surface area contributed by atoms with E-state index >= 15 is 0 Å². The second kappa shape index (κ2) is 7.29. The molecule has 0 aliphatic carbocycles. The largest absolute Gasteiger partial charge is 0.392 e. The normalized spacial score (nSPS) is 14.5. The lowest BCUT2D eigenvalue weighted by molar-refractivity contribution is 0.109. The maximum absolute atomic E-state index is 10.9. The fourth-order valence-corrected chi connectivity index (χ4v) is 5.59. The van der Waals surface area contributed by atoms with Crippen molar-refractivity contribution in [3.05, 3.63) is 78.0 Å². The van der Waals surface area contributed by atoms with E-state index in [1.807, 2.05) is 24.3 Å². The number of hydrogen-bond donors (Lipinski definition) is 1. The smallest absolute Gasteiger partial charge is 0.107 e. The van der Waals surface area contributed by atoms with E-state index in [9.17, 15) is 5.11 Å². The fourth-order valence-electron chi connectivity index (χ4n) is 3.08. The summed E-state index contributed by atoms with van der Waals surface area (Å²) in [5.41, 5.74) is 1.16. The second-order valence-corrected chi connectivity index (χ2v) is 11.6. The molecule has 1 nitrogen and oxygen atoms in total. The van der Waals surface area contributed by atoms with Crippen molar-refractivity contribution in [2.45, 2.75) is 39.0 Å². The number of aliphatic hydroxyl groups is 1. The molecule has 0 aromatic heterocycles. The summed E-state index contributed by atoms with van der Waals surface area (Å²) in [6, 6.07) is 20.9. The standard InChI is InChI=1S/C21H28OSi/c1-16(2)21(22)20(18-12-8-6-9-13-18)17(3)23(4,5)19-14-10-7-11-15-19/h6-16,20-22H,3H2,1-2,4-5H3/t20-,21+/m0/s1. The Balaban J connectivity index is 2.45. The summed E-state index contributed by atoms with van der Waals surface area (Å²) < 4.78 is 0. The van der Waals surface area contributed by atoms with Gasteiger partial charge in [-0.05, 0) is 11.5 Å². The van der Waals surface area contributed by atoms with Gasteiger partial charge in [-0.1, -0.05) is 98.0 Å². The van der Waals surface area contributed by atoms with Crippen molar-refractivity contribution in [2.75, 3.05) is 0 Å². The first-order valence-corrected chi connectivity index (χ1v) is 11.3. The highest BCUT2D eigenvalue weighted by Crippen LogP contribution is 2.35. The molecular formula is C21H28OSi. The van der Waals surface area contributed by atoms with Crippen LogP contribution in [0.2, 0.25) is 13.1 Å². The van der Waals surface area contributed by atoms with Crippen molar-refractivity contribution >= 4 is 13.3 Å². The van der Waals surface area contributed by atoms with Gasteiger partial charge < -0.3 is 5.11 Å². The second-order valence-electron chi connectivity index (χ2n) is 7.14. The van der Waals surface area contributed by atoms with E-state index in [4.69, 9.17) is 0 Å². The third kappa shape index (κ3) is 3.82. The van der Waals surface area contributed by atoms with Crippen molar-refractivity contribution in [1.29, 1.82) is 0 Å². The monoisotopic (exact) mass is 324 g/mol. The average molecular weight is 325 g/mol. The van der Waals surface area contributed by atoms with Gasteiger partial charge in [-0.15, -0.1) is 6.58 Å². The van der Waals surface area contributed by atoms with E-state index in [-0.39, 0.29) is 11.8 Å². The zero-order valence-corrected chi connectivity index (χ0v) is 15.7. The van der Waals surface area contributed by atoms with E-state index < -0.39 is 14.2 Å². The summed E-state index contributed by atoms with van der Waals surface area (Å²) >= 11 is 0. The molecule has 0 spiro atoms. The van der Waals surface area contributed by atoms with Crippen LogP contribution in [0.3, 0.4) is 0 Å². The molecule has 0 heterocycles. The van der Waals surface area contributed by atoms with Crippen LogP contribution in [0, 0.1) is 5.92 Å². The topological polar surface area (TPSA) is 20.2 Å². The first-order chi connectivity index (χ1) is 10.9. The van der Waals surface area contributed by atoms with Gasteiger partial charge >= 0.3 is 0 Å². The molecule has 0 saturated carbocycles. The Kier molecular flexibility index (Phi) is 5.61. The Morgan fingerprint density at radius 2 is 1.39 bits per heavy atom. The summed E-state index contributed by atoms with van der Waals surface area (Å²) in [7, 11) is -1.89. The summed E-state index contributed by atoms with van der Waals surface area (Å²) in [4.78, 5) is 0. The summed E-state index contributed by atoms with van der Waals surface area (Å²) in [6.07, 6.45) is -0.416. The minimum atomic E-state index is -1.89. The van der Waals surface area contributed by atoms with Crippen molar-refractivity contribution in [2.24, 2.45) is 5.92 Å². The molecule has 0 radical (unpaired) electrons. The minimum Gasteiger partial charge on any atom is -0.392 e. The van der Waals surface area contributed by atoms with Crippen molar-refractivity contribution in [1.82, 2.24) is 0 Å². The van der Waals surface area contributed by atoms with Crippen molar-refractivity contribution in [3.8, 4) is 0 Å². The molecule has 2 aromatic rings. The van der Waals surface area contributed by atoms with Gasteiger partial charge in [0.15, 0.2) is 0 Å². The molecule has 2 heteroatoms. The van der Waals surface area contributed by atoms with Gasteiger partial charge in [-0.3, -0.25) is 0 Å². The quantitative estimate of drug-likeness (QED) is 0.776. The van der Waals surface area contributed by atoms with E-state index in [0.29, 0.717) is 0 Å². The molecule has 2 aromatic carbocycles. The molecular weight excluding hydrogens is 296 g/mol. The van der Waals surface area contributed by atoms with Crippen LogP contribution >= 0.6 is 0 Å². The number of hydrogen-bond acceptors (Lipinski definition) is 1. The van der Waals surface area contributed by atoms with Gasteiger partial charge in [0.05, 0.1) is 6.10 Å². The Hall–Kier alpha value is -1.64. The first-order valence-electron chi connectivity index (χ1n) is 8.33. The average Bonchev–Trinajstić information content (AvgIpc) is 2.56. The molecule has 0 fully saturated rings. The highest BCUT2D eigenvalue weighted by Gasteiger charge is 2.36. The van der Waals surface area contributed by atoms with Crippen LogP contribution in [0.1, 0.15) is 25.3 Å². The van der Waals surface area contributed by atoms with Crippen LogP contribution in [0.15, 0.2) is 72.4 Å². The van der Waals surface area contributed by atoms with Gasteiger partial charge in [-0.25, -0.2) is 0 Å². The molecule has 2 atom stereocenters. The maximum Gasteiger partial charge on any atom is 0.107 e. The summed E-state index contributed by atoms with van der Waals surface area (Å²) in [5, 5.41) is 13.4. The first kappa shape index (κ1) is 17.7. The number of benzene rings is 2. The molecule has 23 heavy (non-hydrogen) atoms. The van der Waals surface area contributed by atoms with Crippen molar-refractivity contribution in [3.63, 3.8) is 0 Å². The molecule has 122 valence electrons. The predicted octanol–water partition coefficient (Wildman–Crippen LogP) is 4.50. The molecule has 0 unspecified atom stereocenters. The van der Waals surface area contributed by atoms with E-state index in [0.717, 1.165) is 5.56 Å². The predicted molar refractivity (Wildman–Crippen MR) is 103 cm³/mol. The highest BCUT2D eigenvalue weighted by molar-refractivity contribution is 6.95. The van der Waals surface area contributed by atoms with Gasteiger partial charge in [0.2, 0.25) is 0 Å². The molecule has 0 amide bonds. The zero-order valence-electron chi connectivity index (χ0n) is 14.7. The van der Waals surface area contributed by atoms with Crippen LogP contribution in [0.4, 0.5) is 0 Å². The summed E-state index contributed by atoms with van der Waals surface area (Å²) in [6.45, 7) is 13.3. The van der Waals surface area contributed by atoms with Gasteiger partial charge in [0.25, 0.3) is 0 Å². The Labute approximate surface area is 141 Å². The minimum absolute atomic E-state index is 0.0157. The molecule has 2 rings (SSSR count). The van der Waals surface area contributed by atoms with E-state index in [1.54, 1.807) is 0 Å². The van der Waals surface area contributed by atoms with Gasteiger partial charge in [0, 0.05) is 5.92 Å². The van der Waals surface area contributed by atoms with Crippen LogP contribution in [-0.2, 0) is 0 Å². The van der Waals surface area contributed by atoms with Crippen LogP contribution < -0.4 is 5.19 Å². The van der Waals surface area contributed by atoms with Gasteiger partial charge in [0.1, 0.15) is 8.07 Å². The van der Waals surface area contributed by atoms with Crippen LogP contribution in [-0.4, -0.2) is 19.3 Å². The number of aliphatic hydroxyl groups excluding tert-OH is 1. The third-order valence-electron chi connectivity index (χ3n) is 4.86. The molecule has 0 saturated heterocycles. The fraction of sp³-hybridized carbons (Fsp3) is 0.333. The SMILES string of the molecule is C=C([C@@H](c1ccccc1)[C@H](O)C(C)C)[Si](C)(C)c1ccccc1.